The fourth-order valence-electron chi connectivity index (χ4n) is 5.32. The molecule has 2 aromatic carbocycles. The van der Waals surface area contributed by atoms with Crippen LogP contribution in [0.1, 0.15) is 40.2 Å². The summed E-state index contributed by atoms with van der Waals surface area (Å²) in [5.74, 6) is -3.50. The molecule has 3 amide bonds. The van der Waals surface area contributed by atoms with E-state index in [1.807, 2.05) is 0 Å². The Labute approximate surface area is 262 Å². The summed E-state index contributed by atoms with van der Waals surface area (Å²) in [7, 11) is 2.74. The molecule has 3 heterocycles. The molecule has 1 atom stereocenters. The third-order valence-corrected chi connectivity index (χ3v) is 8.06. The number of halogens is 3. The number of hydrogen-bond donors (Lipinski definition) is 4. The van der Waals surface area contributed by atoms with Gasteiger partial charge in [-0.1, -0.05) is 11.6 Å². The number of carbonyl (C=O) groups is 4. The first-order chi connectivity index (χ1) is 21.6. The number of imidazole rings is 1. The van der Waals surface area contributed by atoms with E-state index in [1.54, 1.807) is 11.0 Å². The van der Waals surface area contributed by atoms with Crippen LogP contribution < -0.4 is 20.7 Å². The van der Waals surface area contributed by atoms with E-state index < -0.39 is 17.5 Å². The van der Waals surface area contributed by atoms with Crippen LogP contribution in [0.2, 0.25) is 5.02 Å². The van der Waals surface area contributed by atoms with Gasteiger partial charge in [0.1, 0.15) is 0 Å². The Morgan fingerprint density at radius 1 is 1.13 bits per heavy atom. The molecule has 0 bridgehead atoms. The minimum Gasteiger partial charge on any atom is -0.494 e. The number of ether oxygens (including phenoxy) is 1. The van der Waals surface area contributed by atoms with Crippen molar-refractivity contribution in [3.63, 3.8) is 0 Å². The summed E-state index contributed by atoms with van der Waals surface area (Å²) in [5, 5.41) is 16.0. The lowest BCUT2D eigenvalue weighted by Crippen LogP contribution is -2.45. The number of carbonyl (C=O) groups excluding carboxylic acids is 3. The third kappa shape index (κ3) is 7.57. The largest absolute Gasteiger partial charge is 0.494 e. The lowest BCUT2D eigenvalue weighted by molar-refractivity contribution is -0.127. The van der Waals surface area contributed by atoms with E-state index in [9.17, 15) is 23.2 Å². The molecular formula is C30H33ClF2N6O6. The van der Waals surface area contributed by atoms with E-state index in [0.717, 1.165) is 19.5 Å². The molecule has 4 N–H and O–H groups in total. The van der Waals surface area contributed by atoms with Crippen molar-refractivity contribution in [3.8, 4) is 17.0 Å². The minimum atomic E-state index is -1.14. The van der Waals surface area contributed by atoms with E-state index in [4.69, 9.17) is 26.2 Å². The first kappa shape index (κ1) is 33.3. The maximum Gasteiger partial charge on any atom is 0.291 e. The number of amides is 3. The molecule has 240 valence electrons. The molecule has 2 saturated heterocycles. The van der Waals surface area contributed by atoms with E-state index >= 15 is 0 Å². The number of rotatable bonds is 7. The molecule has 0 saturated carbocycles. The summed E-state index contributed by atoms with van der Waals surface area (Å²) in [6.45, 7) is 2.31. The van der Waals surface area contributed by atoms with Crippen LogP contribution in [0.3, 0.4) is 0 Å². The number of anilines is 1. The van der Waals surface area contributed by atoms with Gasteiger partial charge in [0, 0.05) is 49.9 Å². The van der Waals surface area contributed by atoms with Crippen LogP contribution in [0.4, 0.5) is 14.5 Å². The van der Waals surface area contributed by atoms with Crippen molar-refractivity contribution in [2.45, 2.75) is 25.3 Å². The Morgan fingerprint density at radius 2 is 1.84 bits per heavy atom. The van der Waals surface area contributed by atoms with Gasteiger partial charge >= 0.3 is 0 Å². The lowest BCUT2D eigenvalue weighted by atomic mass is 9.95. The Balaban J connectivity index is 0.00000148. The summed E-state index contributed by atoms with van der Waals surface area (Å²) in [6, 6.07) is 7.34. The maximum absolute atomic E-state index is 14.6. The van der Waals surface area contributed by atoms with Crippen LogP contribution >= 0.6 is 11.6 Å². The van der Waals surface area contributed by atoms with Gasteiger partial charge in [-0.3, -0.25) is 19.2 Å². The predicted octanol–water partition coefficient (Wildman–Crippen LogP) is 3.31. The van der Waals surface area contributed by atoms with Crippen LogP contribution in [0.5, 0.6) is 5.75 Å². The Kier molecular flexibility index (Phi) is 11.1. The van der Waals surface area contributed by atoms with Crippen LogP contribution in [0.25, 0.3) is 11.3 Å². The highest BCUT2D eigenvalue weighted by Gasteiger charge is 2.30. The van der Waals surface area contributed by atoms with Crippen molar-refractivity contribution in [1.29, 1.82) is 0 Å². The Morgan fingerprint density at radius 3 is 2.47 bits per heavy atom. The molecule has 2 aliphatic rings. The number of methoxy groups -OCH3 is 1. The average molecular weight is 647 g/mol. The summed E-state index contributed by atoms with van der Waals surface area (Å²) in [6.07, 6.45) is 3.34. The van der Waals surface area contributed by atoms with Crippen molar-refractivity contribution in [1.82, 2.24) is 25.1 Å². The molecular weight excluding hydrogens is 614 g/mol. The van der Waals surface area contributed by atoms with Gasteiger partial charge in [-0.2, -0.15) is 4.39 Å². The molecule has 0 radical (unpaired) electrons. The highest BCUT2D eigenvalue weighted by Crippen LogP contribution is 2.30. The van der Waals surface area contributed by atoms with Gasteiger partial charge in [-0.05, 0) is 56.1 Å². The topological polar surface area (TPSA) is 155 Å². The minimum absolute atomic E-state index is 0.0371. The van der Waals surface area contributed by atoms with Gasteiger partial charge in [0.25, 0.3) is 18.3 Å². The van der Waals surface area contributed by atoms with Gasteiger partial charge in [0.15, 0.2) is 17.4 Å². The zero-order chi connectivity index (χ0) is 32.7. The summed E-state index contributed by atoms with van der Waals surface area (Å²) in [4.78, 5) is 52.8. The Hall–Kier alpha value is -4.56. The molecule has 12 nitrogen and oxygen atoms in total. The van der Waals surface area contributed by atoms with Crippen molar-refractivity contribution in [2.75, 3.05) is 38.6 Å². The molecule has 15 heteroatoms. The zero-order valence-corrected chi connectivity index (χ0v) is 25.4. The van der Waals surface area contributed by atoms with Gasteiger partial charge in [-0.15, -0.1) is 0 Å². The second-order valence-electron chi connectivity index (χ2n) is 10.5. The summed E-state index contributed by atoms with van der Waals surface area (Å²) in [5.41, 5.74) is 0.717. The van der Waals surface area contributed by atoms with E-state index in [1.165, 1.54) is 49.2 Å². The van der Waals surface area contributed by atoms with E-state index in [-0.39, 0.29) is 63.7 Å². The number of benzene rings is 2. The number of hydrogen-bond acceptors (Lipinski definition) is 7. The van der Waals surface area contributed by atoms with Gasteiger partial charge in [0.05, 0.1) is 29.6 Å². The zero-order valence-electron chi connectivity index (χ0n) is 24.6. The van der Waals surface area contributed by atoms with Crippen molar-refractivity contribution < 1.29 is 37.8 Å². The van der Waals surface area contributed by atoms with Crippen LogP contribution in [-0.2, 0) is 16.6 Å². The number of carboxylic acid groups (broad SMARTS) is 1. The molecule has 0 spiro atoms. The first-order valence-electron chi connectivity index (χ1n) is 14.1. The molecule has 2 aliphatic heterocycles. The number of likely N-dealkylation sites (tertiary alicyclic amines) is 1. The molecule has 5 rings (SSSR count). The van der Waals surface area contributed by atoms with Crippen molar-refractivity contribution >= 4 is 41.5 Å². The molecule has 45 heavy (non-hydrogen) atoms. The molecule has 1 aromatic heterocycles. The normalized spacial score (nSPS) is 16.4. The van der Waals surface area contributed by atoms with E-state index in [2.05, 4.69) is 20.9 Å². The third-order valence-electron chi connectivity index (χ3n) is 7.75. The fraction of sp³-hybridized carbons (Fsp3) is 0.367. The predicted molar refractivity (Wildman–Crippen MR) is 161 cm³/mol. The standard InChI is InChI=1S/C29H31ClF2N6O4.CH2O2/c1-37-22(20-5-6-23(42-2)25(32)24(20)31)15-34-26(37)28(40)35-17-3-4-19(21(30)13-17)29(41)38-11-8-16(9-12-38)27(39)36-18-7-10-33-14-18;2-1-3/h3-6,13,15-16,18,33H,7-12,14H2,1-2H3,(H,35,40)(H,36,39);1H,(H,2,3)/t18-;/m1./s1. The number of aromatic nitrogens is 2. The first-order valence-corrected chi connectivity index (χ1v) is 14.5. The highest BCUT2D eigenvalue weighted by atomic mass is 35.5. The van der Waals surface area contributed by atoms with Gasteiger partial charge in [0.2, 0.25) is 11.7 Å². The molecule has 0 unspecified atom stereocenters. The van der Waals surface area contributed by atoms with Crippen LogP contribution in [-0.4, -0.2) is 83.1 Å². The monoisotopic (exact) mass is 646 g/mol. The number of nitrogens with zero attached hydrogens (tertiary/aromatic N) is 3. The molecule has 3 aromatic rings. The van der Waals surface area contributed by atoms with Crippen molar-refractivity contribution in [2.24, 2.45) is 13.0 Å². The smallest absolute Gasteiger partial charge is 0.291 e. The number of nitrogens with one attached hydrogen (secondary N) is 3. The SMILES string of the molecule is COc1ccc(-c2cnc(C(=O)Nc3ccc(C(=O)N4CCC(C(=O)N[C@@H]5CCNC5)CC4)c(Cl)c3)n2C)c(F)c1F.O=CO. The highest BCUT2D eigenvalue weighted by molar-refractivity contribution is 6.34. The van der Waals surface area contributed by atoms with Gasteiger partial charge in [-0.25, -0.2) is 9.37 Å². The summed E-state index contributed by atoms with van der Waals surface area (Å²) < 4.78 is 35.0. The van der Waals surface area contributed by atoms with Crippen LogP contribution in [0, 0.1) is 17.6 Å². The van der Waals surface area contributed by atoms with Crippen molar-refractivity contribution in [3.05, 3.63) is 64.6 Å². The average Bonchev–Trinajstić information content (AvgIpc) is 3.68. The fourth-order valence-corrected chi connectivity index (χ4v) is 5.58. The second kappa shape index (κ2) is 14.9. The maximum atomic E-state index is 14.6. The molecule has 2 fully saturated rings. The van der Waals surface area contributed by atoms with Crippen LogP contribution in [0.15, 0.2) is 36.5 Å². The molecule has 0 aliphatic carbocycles. The quantitative estimate of drug-likeness (QED) is 0.285. The lowest BCUT2D eigenvalue weighted by Gasteiger charge is -2.32. The van der Waals surface area contributed by atoms with E-state index in [0.29, 0.717) is 31.6 Å². The second-order valence-corrected chi connectivity index (χ2v) is 10.9. The summed E-state index contributed by atoms with van der Waals surface area (Å²) >= 11 is 6.44. The van der Waals surface area contributed by atoms with Gasteiger partial charge < -0.3 is 35.3 Å². The Bertz CT molecular complexity index is 1570. The number of piperidine rings is 1.